The molecule has 16 heteroatoms. The minimum atomic E-state index is -4.21. The lowest BCUT2D eigenvalue weighted by Crippen LogP contribution is -2.09. The molecule has 0 bridgehead atoms. The van der Waals surface area contributed by atoms with Gasteiger partial charge in [-0.1, -0.05) is 48.6 Å². The predicted molar refractivity (Wildman–Crippen MR) is 259 cm³/mol. The molecule has 0 aliphatic carbocycles. The minimum Gasteiger partial charge on any atom is -0.494 e. The Morgan fingerprint density at radius 1 is 0.507 bits per heavy atom. The van der Waals surface area contributed by atoms with E-state index in [1.54, 1.807) is 91.9 Å². The summed E-state index contributed by atoms with van der Waals surface area (Å²) in [5.74, 6) is -0.825. The number of ketones is 2. The van der Waals surface area contributed by atoms with Crippen LogP contribution in [-0.4, -0.2) is 49.1 Å². The number of alkyl halides is 6. The van der Waals surface area contributed by atoms with Gasteiger partial charge in [0.25, 0.3) is 0 Å². The van der Waals surface area contributed by atoms with Crippen LogP contribution in [0, 0.1) is 6.92 Å². The van der Waals surface area contributed by atoms with Crippen LogP contribution < -0.4 is 30.4 Å². The van der Waals surface area contributed by atoms with E-state index in [9.17, 15) is 45.5 Å². The molecule has 71 heavy (non-hydrogen) atoms. The number of carbonyl (C=O) groups excluding carboxylic acids is 4. The number of anilines is 2. The number of halogens is 6. The number of benzene rings is 6. The number of nitrogen functional groups attached to an aromatic ring is 2. The minimum absolute atomic E-state index is 0.0465. The molecular weight excluding hydrogens is 931 g/mol. The summed E-state index contributed by atoms with van der Waals surface area (Å²) in [6.07, 6.45) is -3.92. The highest BCUT2D eigenvalue weighted by Gasteiger charge is 2.27. The Bertz CT molecular complexity index is 2880. The van der Waals surface area contributed by atoms with E-state index in [-0.39, 0.29) is 72.6 Å². The Hall–Kier alpha value is -8.14. The van der Waals surface area contributed by atoms with Gasteiger partial charge in [-0.25, -0.2) is 9.59 Å². The molecule has 0 saturated carbocycles. The second-order valence-corrected chi connectivity index (χ2v) is 16.2. The summed E-state index contributed by atoms with van der Waals surface area (Å²) in [6.45, 7) is 1.91. The average molecular weight is 979 g/mol. The largest absolute Gasteiger partial charge is 0.494 e. The standard InChI is InChI=1S/C55H48F6N2O8/c1-35-48(63)27-26-46(51(35)50(65)29-11-37-8-19-44(20-9-37)71-53(67)39-14-23-42(24-15-39)69-33-5-3-31-55(59,60)61)45-25-16-40(62)34-47(45)49(64)28-10-36-6-17-43(18-7-36)70-52(66)38-12-21-41(22-13-38)68-32-4-2-30-54(56,57)58/h6-29,34H,2-5,30-33,62-63H2,1H3/b28-10+,29-11+. The van der Waals surface area contributed by atoms with E-state index in [1.807, 2.05) is 0 Å². The van der Waals surface area contributed by atoms with Gasteiger partial charge in [-0.2, -0.15) is 26.3 Å². The van der Waals surface area contributed by atoms with E-state index in [1.165, 1.54) is 66.7 Å². The van der Waals surface area contributed by atoms with Crippen molar-refractivity contribution in [3.63, 3.8) is 0 Å². The Labute approximate surface area is 405 Å². The second kappa shape index (κ2) is 23.9. The highest BCUT2D eigenvalue weighted by molar-refractivity contribution is 6.16. The molecule has 368 valence electrons. The normalized spacial score (nSPS) is 11.7. The van der Waals surface area contributed by atoms with Crippen LogP contribution in [0.2, 0.25) is 0 Å². The lowest BCUT2D eigenvalue weighted by atomic mass is 9.88. The van der Waals surface area contributed by atoms with Crippen LogP contribution in [0.25, 0.3) is 23.3 Å². The zero-order valence-electron chi connectivity index (χ0n) is 38.3. The fraction of sp³-hybridized carbons (Fsp3) is 0.200. The molecule has 0 heterocycles. The molecule has 0 spiro atoms. The first-order valence-electron chi connectivity index (χ1n) is 22.3. The van der Waals surface area contributed by atoms with Gasteiger partial charge in [-0.3, -0.25) is 9.59 Å². The zero-order valence-corrected chi connectivity index (χ0v) is 38.3. The molecular formula is C55H48F6N2O8. The molecule has 0 saturated heterocycles. The summed E-state index contributed by atoms with van der Waals surface area (Å²) in [5.41, 5.74) is 16.6. The van der Waals surface area contributed by atoms with Gasteiger partial charge in [-0.05, 0) is 164 Å². The van der Waals surface area contributed by atoms with Crippen LogP contribution in [0.4, 0.5) is 37.7 Å². The van der Waals surface area contributed by atoms with Crippen LogP contribution in [0.1, 0.15) is 96.6 Å². The number of nitrogens with two attached hydrogens (primary N) is 2. The lowest BCUT2D eigenvalue weighted by molar-refractivity contribution is -0.136. The Morgan fingerprint density at radius 3 is 1.38 bits per heavy atom. The number of hydrogen-bond donors (Lipinski definition) is 2. The Balaban J connectivity index is 1.06. The zero-order chi connectivity index (χ0) is 51.1. The topological polar surface area (TPSA) is 157 Å². The smallest absolute Gasteiger partial charge is 0.389 e. The van der Waals surface area contributed by atoms with E-state index in [4.69, 9.17) is 30.4 Å². The monoisotopic (exact) mass is 978 g/mol. The first-order valence-corrected chi connectivity index (χ1v) is 22.3. The number of carbonyl (C=O) groups is 4. The molecule has 0 aliphatic rings. The van der Waals surface area contributed by atoms with Gasteiger partial charge < -0.3 is 30.4 Å². The summed E-state index contributed by atoms with van der Waals surface area (Å²) in [5, 5.41) is 0. The van der Waals surface area contributed by atoms with Gasteiger partial charge in [-0.15, -0.1) is 0 Å². The van der Waals surface area contributed by atoms with Crippen molar-refractivity contribution in [2.45, 2.75) is 57.8 Å². The SMILES string of the molecule is Cc1c(N)ccc(-c2ccc(N)cc2C(=O)/C=C/c2ccc(OC(=O)c3ccc(OCCCCC(F)(F)F)cc3)cc2)c1C(=O)/C=C/c1ccc(OC(=O)c2ccc(OCCCCC(F)(F)F)cc2)cc1. The number of ether oxygens (including phenoxy) is 4. The van der Waals surface area contributed by atoms with Gasteiger partial charge in [0.1, 0.15) is 23.0 Å². The van der Waals surface area contributed by atoms with Crippen LogP contribution in [0.15, 0.2) is 140 Å². The van der Waals surface area contributed by atoms with Crippen molar-refractivity contribution in [2.75, 3.05) is 24.7 Å². The summed E-state index contributed by atoms with van der Waals surface area (Å²) >= 11 is 0. The number of unbranched alkanes of at least 4 members (excludes halogenated alkanes) is 2. The molecule has 10 nitrogen and oxygen atoms in total. The van der Waals surface area contributed by atoms with Crippen molar-refractivity contribution in [3.05, 3.63) is 178 Å². The summed E-state index contributed by atoms with van der Waals surface area (Å²) in [6, 6.07) is 33.0. The highest BCUT2D eigenvalue weighted by Crippen LogP contribution is 2.34. The van der Waals surface area contributed by atoms with Crippen molar-refractivity contribution in [3.8, 4) is 34.1 Å². The number of esters is 2. The van der Waals surface area contributed by atoms with Gasteiger partial charge in [0.2, 0.25) is 0 Å². The first-order chi connectivity index (χ1) is 33.8. The molecule has 6 aromatic carbocycles. The molecule has 0 amide bonds. The van der Waals surface area contributed by atoms with Gasteiger partial charge in [0.05, 0.1) is 24.3 Å². The van der Waals surface area contributed by atoms with E-state index in [0.717, 1.165) is 0 Å². The molecule has 0 atom stereocenters. The molecule has 0 aliphatic heterocycles. The van der Waals surface area contributed by atoms with E-state index in [0.29, 0.717) is 50.7 Å². The predicted octanol–water partition coefficient (Wildman–Crippen LogP) is 13.3. The number of rotatable bonds is 21. The fourth-order valence-electron chi connectivity index (χ4n) is 7.02. The second-order valence-electron chi connectivity index (χ2n) is 16.2. The van der Waals surface area contributed by atoms with Crippen molar-refractivity contribution < 1.29 is 64.5 Å². The summed E-state index contributed by atoms with van der Waals surface area (Å²) in [7, 11) is 0. The molecule has 6 aromatic rings. The van der Waals surface area contributed by atoms with Crippen molar-refractivity contribution >= 4 is 47.0 Å². The van der Waals surface area contributed by atoms with Gasteiger partial charge >= 0.3 is 24.3 Å². The van der Waals surface area contributed by atoms with Crippen LogP contribution in [0.5, 0.6) is 23.0 Å². The first kappa shape index (κ1) is 52.2. The molecule has 0 aromatic heterocycles. The van der Waals surface area contributed by atoms with E-state index in [2.05, 4.69) is 0 Å². The quantitative estimate of drug-likeness (QED) is 0.0135. The van der Waals surface area contributed by atoms with Crippen molar-refractivity contribution in [1.29, 1.82) is 0 Å². The van der Waals surface area contributed by atoms with Crippen LogP contribution >= 0.6 is 0 Å². The Morgan fingerprint density at radius 2 is 0.930 bits per heavy atom. The Kier molecular flexibility index (Phi) is 17.6. The summed E-state index contributed by atoms with van der Waals surface area (Å²) in [4.78, 5) is 53.4. The van der Waals surface area contributed by atoms with Gasteiger partial charge in [0, 0.05) is 35.3 Å². The third-order valence-electron chi connectivity index (χ3n) is 10.8. The molecule has 4 N–H and O–H groups in total. The maximum Gasteiger partial charge on any atom is 0.389 e. The molecule has 0 fully saturated rings. The fourth-order valence-corrected chi connectivity index (χ4v) is 7.02. The van der Waals surface area contributed by atoms with Crippen LogP contribution in [0.3, 0.4) is 0 Å². The van der Waals surface area contributed by atoms with E-state index >= 15 is 0 Å². The maximum atomic E-state index is 14.0. The summed E-state index contributed by atoms with van der Waals surface area (Å²) < 4.78 is 96.0. The average Bonchev–Trinajstić information content (AvgIpc) is 3.33. The highest BCUT2D eigenvalue weighted by atomic mass is 19.4. The number of hydrogen-bond acceptors (Lipinski definition) is 10. The number of allylic oxidation sites excluding steroid dienone is 2. The maximum absolute atomic E-state index is 14.0. The van der Waals surface area contributed by atoms with Gasteiger partial charge in [0.15, 0.2) is 11.6 Å². The third-order valence-corrected chi connectivity index (χ3v) is 10.8. The lowest BCUT2D eigenvalue weighted by Gasteiger charge is -2.16. The molecule has 0 radical (unpaired) electrons. The van der Waals surface area contributed by atoms with Crippen LogP contribution in [-0.2, 0) is 0 Å². The molecule has 0 unspecified atom stereocenters. The molecule has 6 rings (SSSR count). The van der Waals surface area contributed by atoms with E-state index < -0.39 is 48.7 Å². The third kappa shape index (κ3) is 16.0. The van der Waals surface area contributed by atoms with Crippen molar-refractivity contribution in [2.24, 2.45) is 0 Å². The van der Waals surface area contributed by atoms with Crippen molar-refractivity contribution in [1.82, 2.24) is 0 Å².